The fourth-order valence-electron chi connectivity index (χ4n) is 4.10. The first kappa shape index (κ1) is 26.5. The monoisotopic (exact) mass is 550 g/mol. The van der Waals surface area contributed by atoms with E-state index in [4.69, 9.17) is 28.6 Å². The van der Waals surface area contributed by atoms with E-state index in [1.165, 1.54) is 7.11 Å². The van der Waals surface area contributed by atoms with Gasteiger partial charge in [0, 0.05) is 31.2 Å². The number of anilines is 2. The van der Waals surface area contributed by atoms with Crippen LogP contribution in [0.5, 0.6) is 5.75 Å². The van der Waals surface area contributed by atoms with Gasteiger partial charge in [-0.3, -0.25) is 14.9 Å². The normalized spacial score (nSPS) is 13.9. The van der Waals surface area contributed by atoms with Crippen LogP contribution >= 0.6 is 23.8 Å². The van der Waals surface area contributed by atoms with Crippen LogP contribution in [0.2, 0.25) is 5.02 Å². The van der Waals surface area contributed by atoms with Crippen molar-refractivity contribution in [3.63, 3.8) is 0 Å². The summed E-state index contributed by atoms with van der Waals surface area (Å²) in [4.78, 5) is 27.2. The molecule has 1 aliphatic heterocycles. The van der Waals surface area contributed by atoms with E-state index in [2.05, 4.69) is 10.6 Å². The maximum atomic E-state index is 13.0. The van der Waals surface area contributed by atoms with Crippen LogP contribution in [-0.4, -0.2) is 61.3 Å². The van der Waals surface area contributed by atoms with Gasteiger partial charge in [-0.2, -0.15) is 13.2 Å². The number of piperazine rings is 1. The Morgan fingerprint density at radius 3 is 2.27 bits per heavy atom. The number of amides is 2. The van der Waals surface area contributed by atoms with Crippen LogP contribution in [-0.2, 0) is 4.79 Å². The van der Waals surface area contributed by atoms with Gasteiger partial charge in [-0.15, -0.1) is 0 Å². The molecule has 1 fully saturated rings. The van der Waals surface area contributed by atoms with Crippen molar-refractivity contribution in [1.29, 1.82) is 0 Å². The van der Waals surface area contributed by atoms with E-state index in [1.807, 2.05) is 29.2 Å². The molecule has 1 aliphatic rings. The number of halogens is 4. The Bertz CT molecular complexity index is 1360. The Hall–Kier alpha value is -3.57. The van der Waals surface area contributed by atoms with E-state index in [1.54, 1.807) is 30.3 Å². The van der Waals surface area contributed by atoms with Gasteiger partial charge in [0.05, 0.1) is 24.0 Å². The number of alkyl halides is 3. The van der Waals surface area contributed by atoms with E-state index in [0.29, 0.717) is 27.7 Å². The third-order valence-corrected chi connectivity index (χ3v) is 6.34. The third-order valence-electron chi connectivity index (χ3n) is 5.90. The number of ether oxygens (including phenoxy) is 1. The molecular formula is C25H22ClF3N4O3S. The molecule has 1 heterocycles. The summed E-state index contributed by atoms with van der Waals surface area (Å²) in [6, 6.07) is 15.9. The zero-order chi connectivity index (χ0) is 26.7. The fourth-order valence-corrected chi connectivity index (χ4v) is 4.48. The highest BCUT2D eigenvalue weighted by atomic mass is 35.5. The summed E-state index contributed by atoms with van der Waals surface area (Å²) in [5, 5.41) is 7.74. The number of carbonyl (C=O) groups is 2. The molecule has 2 amide bonds. The van der Waals surface area contributed by atoms with Gasteiger partial charge in [0.2, 0.25) is 0 Å². The van der Waals surface area contributed by atoms with Gasteiger partial charge in [-0.05, 0) is 53.3 Å². The Kier molecular flexibility index (Phi) is 7.74. The van der Waals surface area contributed by atoms with E-state index < -0.39 is 18.0 Å². The molecule has 4 rings (SSSR count). The van der Waals surface area contributed by atoms with E-state index in [-0.39, 0.29) is 31.3 Å². The largest absolute Gasteiger partial charge is 0.496 e. The number of nitrogens with one attached hydrogen (secondary N) is 2. The third kappa shape index (κ3) is 6.05. The molecule has 0 saturated carbocycles. The van der Waals surface area contributed by atoms with Crippen molar-refractivity contribution in [1.82, 2.24) is 10.2 Å². The molecule has 0 unspecified atom stereocenters. The van der Waals surface area contributed by atoms with Crippen molar-refractivity contribution >= 4 is 62.9 Å². The van der Waals surface area contributed by atoms with Gasteiger partial charge in [0.25, 0.3) is 5.91 Å². The topological polar surface area (TPSA) is 73.9 Å². The Morgan fingerprint density at radius 2 is 1.65 bits per heavy atom. The fraction of sp³-hybridized carbons (Fsp3) is 0.240. The van der Waals surface area contributed by atoms with E-state index in [0.717, 1.165) is 15.7 Å². The quantitative estimate of drug-likeness (QED) is 0.453. The maximum Gasteiger partial charge on any atom is 0.471 e. The molecule has 0 spiro atoms. The minimum Gasteiger partial charge on any atom is -0.496 e. The summed E-state index contributed by atoms with van der Waals surface area (Å²) >= 11 is 11.5. The molecule has 7 nitrogen and oxygen atoms in total. The lowest BCUT2D eigenvalue weighted by molar-refractivity contribution is -0.185. The second kappa shape index (κ2) is 10.8. The number of hydrogen-bond acceptors (Lipinski definition) is 5. The van der Waals surface area contributed by atoms with Crippen LogP contribution in [0.4, 0.5) is 24.5 Å². The number of fused-ring (bicyclic) bond motifs is 1. The lowest BCUT2D eigenvalue weighted by Gasteiger charge is -2.37. The van der Waals surface area contributed by atoms with Crippen molar-refractivity contribution in [3.8, 4) is 5.75 Å². The van der Waals surface area contributed by atoms with Gasteiger partial charge in [0.1, 0.15) is 5.75 Å². The first-order chi connectivity index (χ1) is 17.6. The van der Waals surface area contributed by atoms with Crippen molar-refractivity contribution < 1.29 is 27.5 Å². The second-order valence-electron chi connectivity index (χ2n) is 8.25. The van der Waals surface area contributed by atoms with Crippen molar-refractivity contribution in [3.05, 3.63) is 65.2 Å². The van der Waals surface area contributed by atoms with Crippen LogP contribution in [0.25, 0.3) is 10.8 Å². The summed E-state index contributed by atoms with van der Waals surface area (Å²) in [5.41, 5.74) is 1.37. The molecule has 3 aromatic rings. The molecule has 3 aromatic carbocycles. The summed E-state index contributed by atoms with van der Waals surface area (Å²) in [7, 11) is 1.47. The standard InChI is InChI=1S/C25H22ClF3N4O3S/c1-36-21-13-16-5-3-2-4-15(16)12-18(21)22(34)31-24(37)30-19-14-17(26)6-7-20(19)32-8-10-33(11-9-32)23(35)25(27,28)29/h2-7,12-14H,8-11H2,1H3,(H2,30,31,34,37). The zero-order valence-corrected chi connectivity index (χ0v) is 21.1. The molecule has 0 aromatic heterocycles. The summed E-state index contributed by atoms with van der Waals surface area (Å²) in [5.74, 6) is -1.95. The van der Waals surface area contributed by atoms with E-state index in [9.17, 15) is 22.8 Å². The molecule has 2 N–H and O–H groups in total. The smallest absolute Gasteiger partial charge is 0.471 e. The van der Waals surface area contributed by atoms with Crippen molar-refractivity contribution in [2.45, 2.75) is 6.18 Å². The lowest BCUT2D eigenvalue weighted by Crippen LogP contribution is -2.52. The van der Waals surface area contributed by atoms with Gasteiger partial charge in [-0.25, -0.2) is 0 Å². The predicted octanol–water partition coefficient (Wildman–Crippen LogP) is 4.84. The first-order valence-electron chi connectivity index (χ1n) is 11.2. The van der Waals surface area contributed by atoms with Crippen LogP contribution < -0.4 is 20.3 Å². The van der Waals surface area contributed by atoms with Gasteiger partial charge in [-0.1, -0.05) is 35.9 Å². The Morgan fingerprint density at radius 1 is 1.00 bits per heavy atom. The van der Waals surface area contributed by atoms with Crippen LogP contribution in [0.1, 0.15) is 10.4 Å². The molecule has 1 saturated heterocycles. The molecule has 0 radical (unpaired) electrons. The Balaban J connectivity index is 1.48. The molecule has 37 heavy (non-hydrogen) atoms. The summed E-state index contributed by atoms with van der Waals surface area (Å²) in [6.07, 6.45) is -4.91. The molecule has 12 heteroatoms. The molecular weight excluding hydrogens is 529 g/mol. The van der Waals surface area contributed by atoms with Crippen LogP contribution in [0.3, 0.4) is 0 Å². The van der Waals surface area contributed by atoms with Crippen LogP contribution in [0, 0.1) is 0 Å². The highest BCUT2D eigenvalue weighted by Gasteiger charge is 2.43. The summed E-state index contributed by atoms with van der Waals surface area (Å²) < 4.78 is 43.7. The van der Waals surface area contributed by atoms with Crippen LogP contribution in [0.15, 0.2) is 54.6 Å². The first-order valence-corrected chi connectivity index (χ1v) is 11.9. The van der Waals surface area contributed by atoms with Gasteiger partial charge in [0.15, 0.2) is 5.11 Å². The molecule has 194 valence electrons. The molecule has 0 bridgehead atoms. The minimum atomic E-state index is -4.91. The average Bonchev–Trinajstić information content (AvgIpc) is 2.87. The van der Waals surface area contributed by atoms with Crippen molar-refractivity contribution in [2.24, 2.45) is 0 Å². The van der Waals surface area contributed by atoms with Gasteiger partial charge >= 0.3 is 12.1 Å². The predicted molar refractivity (Wildman–Crippen MR) is 140 cm³/mol. The number of rotatable bonds is 4. The highest BCUT2D eigenvalue weighted by Crippen LogP contribution is 2.31. The SMILES string of the molecule is COc1cc2ccccc2cc1C(=O)NC(=S)Nc1cc(Cl)ccc1N1CCN(C(=O)C(F)(F)F)CC1. The maximum absolute atomic E-state index is 13.0. The number of hydrogen-bond donors (Lipinski definition) is 2. The molecule has 0 aliphatic carbocycles. The second-order valence-corrected chi connectivity index (χ2v) is 9.09. The number of nitrogens with zero attached hydrogens (tertiary/aromatic N) is 2. The van der Waals surface area contributed by atoms with Crippen molar-refractivity contribution in [2.75, 3.05) is 43.5 Å². The average molecular weight is 551 g/mol. The minimum absolute atomic E-state index is 0.00499. The van der Waals surface area contributed by atoms with Gasteiger partial charge < -0.3 is 19.9 Å². The van der Waals surface area contributed by atoms with E-state index >= 15 is 0 Å². The zero-order valence-electron chi connectivity index (χ0n) is 19.6. The number of thiocarbonyl (C=S) groups is 1. The number of methoxy groups -OCH3 is 1. The number of benzene rings is 3. The Labute approximate surface area is 221 Å². The number of carbonyl (C=O) groups excluding carboxylic acids is 2. The summed E-state index contributed by atoms with van der Waals surface area (Å²) in [6.45, 7) is 0.157. The molecule has 0 atom stereocenters. The lowest BCUT2D eigenvalue weighted by atomic mass is 10.1. The highest BCUT2D eigenvalue weighted by molar-refractivity contribution is 7.80.